The Kier molecular flexibility index (Phi) is 17.6. The molecule has 1 aliphatic rings. The predicted molar refractivity (Wildman–Crippen MR) is 167 cm³/mol. The number of fused-ring (bicyclic) bond motifs is 1. The first kappa shape index (κ1) is 45.5. The smallest absolute Gasteiger partial charge is 0.475 e. The number of hydrogen-bond donors (Lipinski definition) is 7. The Bertz CT molecular complexity index is 1620. The van der Waals surface area contributed by atoms with Crippen molar-refractivity contribution in [1.82, 2.24) is 15.6 Å². The van der Waals surface area contributed by atoms with Crippen LogP contribution in [0.1, 0.15) is 18.4 Å². The molecule has 1 fully saturated rings. The summed E-state index contributed by atoms with van der Waals surface area (Å²) in [6.45, 7) is 1.27. The van der Waals surface area contributed by atoms with Gasteiger partial charge in [0.2, 0.25) is 11.8 Å². The van der Waals surface area contributed by atoms with E-state index in [1.807, 2.05) is 60.7 Å². The monoisotopic (exact) mass is 773 g/mol. The maximum absolute atomic E-state index is 13.2. The van der Waals surface area contributed by atoms with Crippen LogP contribution in [0.25, 0.3) is 10.9 Å². The summed E-state index contributed by atoms with van der Waals surface area (Å²) in [4.78, 5) is 57.0. The summed E-state index contributed by atoms with van der Waals surface area (Å²) in [6, 6.07) is 18.4. The number of carboxylic acid groups (broad SMARTS) is 3. The summed E-state index contributed by atoms with van der Waals surface area (Å²) >= 11 is 0. The second-order valence-corrected chi connectivity index (χ2v) is 10.7. The van der Waals surface area contributed by atoms with Gasteiger partial charge in [-0.05, 0) is 68.1 Å². The van der Waals surface area contributed by atoms with E-state index in [0.29, 0.717) is 31.5 Å². The van der Waals surface area contributed by atoms with E-state index < -0.39 is 42.5 Å². The van der Waals surface area contributed by atoms with Crippen molar-refractivity contribution in [2.75, 3.05) is 18.4 Å². The van der Waals surface area contributed by atoms with Gasteiger partial charge in [-0.1, -0.05) is 36.4 Å². The molecule has 1 aromatic heterocycles. The second kappa shape index (κ2) is 20.5. The molecule has 292 valence electrons. The molecule has 3 aromatic rings. The summed E-state index contributed by atoms with van der Waals surface area (Å²) in [7, 11) is 0. The highest BCUT2D eigenvalue weighted by Crippen LogP contribution is 2.19. The van der Waals surface area contributed by atoms with E-state index in [1.165, 1.54) is 0 Å². The van der Waals surface area contributed by atoms with Crippen LogP contribution in [0.4, 0.5) is 45.2 Å². The zero-order valence-electron chi connectivity index (χ0n) is 26.9. The Labute approximate surface area is 293 Å². The standard InChI is InChI=1S/C25H29N5O2.3C2HF3O2/c26-15-18-13-23(28-16-18)25(32)30-22(10-8-17-5-2-1-3-6-17)24(31)29-20-9-11-21-19(14-20)7-4-12-27-21;3*3-2(4,5)1(6)7/h1-7,9,11-12,14,18,22-23,28H,8,10,13,15-16,26H2,(H,29,31)(H,30,32);3*(H,6,7)/t18-,22-,23+;;;/m1.../s1. The van der Waals surface area contributed by atoms with Gasteiger partial charge in [-0.15, -0.1) is 0 Å². The first-order valence-corrected chi connectivity index (χ1v) is 14.8. The van der Waals surface area contributed by atoms with Gasteiger partial charge in [0.05, 0.1) is 11.6 Å². The third kappa shape index (κ3) is 17.5. The number of aryl methyl sites for hydroxylation is 1. The first-order valence-electron chi connectivity index (χ1n) is 14.8. The van der Waals surface area contributed by atoms with E-state index in [1.54, 1.807) is 6.20 Å². The van der Waals surface area contributed by atoms with Crippen LogP contribution in [0.2, 0.25) is 0 Å². The highest BCUT2D eigenvalue weighted by molar-refractivity contribution is 5.99. The summed E-state index contributed by atoms with van der Waals surface area (Å²) in [5.41, 5.74) is 8.41. The number of pyridine rings is 1. The van der Waals surface area contributed by atoms with Gasteiger partial charge < -0.3 is 37.0 Å². The summed E-state index contributed by atoms with van der Waals surface area (Å²) < 4.78 is 95.2. The Morgan fingerprint density at radius 1 is 0.811 bits per heavy atom. The fraction of sp³-hybridized carbons (Fsp3) is 0.355. The lowest BCUT2D eigenvalue weighted by molar-refractivity contribution is -0.193. The number of alkyl halides is 9. The highest BCUT2D eigenvalue weighted by Gasteiger charge is 2.39. The lowest BCUT2D eigenvalue weighted by atomic mass is 10.0. The number of hydrogen-bond acceptors (Lipinski definition) is 8. The molecule has 22 heteroatoms. The minimum absolute atomic E-state index is 0.156. The number of benzene rings is 2. The number of aliphatic carboxylic acids is 3. The molecule has 2 aromatic carbocycles. The summed E-state index contributed by atoms with van der Waals surface area (Å²) in [5, 5.41) is 31.5. The van der Waals surface area contributed by atoms with Crippen LogP contribution < -0.4 is 21.7 Å². The van der Waals surface area contributed by atoms with E-state index in [0.717, 1.165) is 23.0 Å². The molecule has 0 saturated carbocycles. The number of anilines is 1. The number of carbonyl (C=O) groups is 5. The van der Waals surface area contributed by atoms with Crippen molar-refractivity contribution >= 4 is 46.3 Å². The molecule has 8 N–H and O–H groups in total. The van der Waals surface area contributed by atoms with Crippen LogP contribution in [0, 0.1) is 5.92 Å². The number of nitrogens with zero attached hydrogens (tertiary/aromatic N) is 1. The minimum Gasteiger partial charge on any atom is -0.475 e. The van der Waals surface area contributed by atoms with Gasteiger partial charge in [-0.25, -0.2) is 14.4 Å². The Morgan fingerprint density at radius 3 is 1.81 bits per heavy atom. The van der Waals surface area contributed by atoms with Crippen LogP contribution in [-0.4, -0.2) is 93.7 Å². The molecule has 13 nitrogen and oxygen atoms in total. The number of rotatable bonds is 8. The molecule has 2 amide bonds. The molecular formula is C31H32F9N5O8. The first-order chi connectivity index (χ1) is 24.4. The maximum Gasteiger partial charge on any atom is 0.490 e. The van der Waals surface area contributed by atoms with Gasteiger partial charge in [0.25, 0.3) is 0 Å². The average molecular weight is 774 g/mol. The van der Waals surface area contributed by atoms with Crippen molar-refractivity contribution in [2.24, 2.45) is 11.7 Å². The number of carboxylic acids is 3. The number of amides is 2. The van der Waals surface area contributed by atoms with E-state index in [-0.39, 0.29) is 23.8 Å². The lowest BCUT2D eigenvalue weighted by Gasteiger charge is -2.21. The van der Waals surface area contributed by atoms with Crippen LogP contribution >= 0.6 is 0 Å². The Hall–Kier alpha value is -5.51. The van der Waals surface area contributed by atoms with Crippen molar-refractivity contribution in [3.63, 3.8) is 0 Å². The largest absolute Gasteiger partial charge is 0.490 e. The number of halogens is 9. The normalized spacial score (nSPS) is 15.9. The van der Waals surface area contributed by atoms with Gasteiger partial charge in [0.15, 0.2) is 0 Å². The topological polar surface area (TPSA) is 221 Å². The van der Waals surface area contributed by atoms with Crippen molar-refractivity contribution in [3.05, 3.63) is 72.4 Å². The molecule has 4 rings (SSSR count). The molecule has 0 spiro atoms. The summed E-state index contributed by atoms with van der Waals surface area (Å²) in [6.07, 6.45) is -11.6. The molecule has 1 saturated heterocycles. The fourth-order valence-electron chi connectivity index (χ4n) is 4.07. The van der Waals surface area contributed by atoms with Crippen LogP contribution in [0.3, 0.4) is 0 Å². The molecule has 1 aliphatic heterocycles. The molecule has 53 heavy (non-hydrogen) atoms. The summed E-state index contributed by atoms with van der Waals surface area (Å²) in [5.74, 6) is -8.37. The molecule has 3 atom stereocenters. The number of nitrogens with two attached hydrogens (primary N) is 1. The number of carbonyl (C=O) groups excluding carboxylic acids is 2. The van der Waals surface area contributed by atoms with E-state index in [4.69, 9.17) is 35.4 Å². The lowest BCUT2D eigenvalue weighted by Crippen LogP contribution is -2.50. The highest BCUT2D eigenvalue weighted by atomic mass is 19.4. The van der Waals surface area contributed by atoms with Crippen LogP contribution in [0.15, 0.2) is 66.9 Å². The molecule has 0 radical (unpaired) electrons. The van der Waals surface area contributed by atoms with Gasteiger partial charge in [0, 0.05) is 17.3 Å². The molecule has 0 aliphatic carbocycles. The van der Waals surface area contributed by atoms with E-state index in [2.05, 4.69) is 20.9 Å². The van der Waals surface area contributed by atoms with Crippen molar-refractivity contribution < 1.29 is 78.8 Å². The van der Waals surface area contributed by atoms with Crippen LogP contribution in [-0.2, 0) is 30.4 Å². The number of nitrogens with one attached hydrogen (secondary N) is 3. The van der Waals surface area contributed by atoms with Gasteiger partial charge >= 0.3 is 36.4 Å². The van der Waals surface area contributed by atoms with Crippen molar-refractivity contribution in [3.8, 4) is 0 Å². The predicted octanol–water partition coefficient (Wildman–Crippen LogP) is 4.13. The third-order valence-electron chi connectivity index (χ3n) is 6.67. The zero-order chi connectivity index (χ0) is 40.6. The zero-order valence-corrected chi connectivity index (χ0v) is 26.9. The second-order valence-electron chi connectivity index (χ2n) is 10.7. The molecular weight excluding hydrogens is 741 g/mol. The van der Waals surface area contributed by atoms with Crippen molar-refractivity contribution in [2.45, 2.75) is 49.9 Å². The molecule has 0 unspecified atom stereocenters. The SMILES string of the molecule is NC[C@@H]1CN[C@H](C(=O)N[C@H](CCc2ccccc2)C(=O)Nc2ccc3ncccc3c2)C1.O=C(O)C(F)(F)F.O=C(O)C(F)(F)F.O=C(O)C(F)(F)F. The molecule has 2 heterocycles. The Balaban J connectivity index is 0.000000545. The van der Waals surface area contributed by atoms with Gasteiger partial charge in [0.1, 0.15) is 6.04 Å². The van der Waals surface area contributed by atoms with Gasteiger partial charge in [-0.2, -0.15) is 39.5 Å². The van der Waals surface area contributed by atoms with E-state index in [9.17, 15) is 49.1 Å². The molecule has 0 bridgehead atoms. The third-order valence-corrected chi connectivity index (χ3v) is 6.67. The van der Waals surface area contributed by atoms with Crippen molar-refractivity contribution in [1.29, 1.82) is 0 Å². The fourth-order valence-corrected chi connectivity index (χ4v) is 4.07. The van der Waals surface area contributed by atoms with Gasteiger partial charge in [-0.3, -0.25) is 14.6 Å². The Morgan fingerprint density at radius 2 is 1.34 bits per heavy atom. The minimum atomic E-state index is -5.08. The van der Waals surface area contributed by atoms with Crippen LogP contribution in [0.5, 0.6) is 0 Å². The quantitative estimate of drug-likeness (QED) is 0.161. The van der Waals surface area contributed by atoms with E-state index >= 15 is 0 Å². The maximum atomic E-state index is 13.2. The average Bonchev–Trinajstić information content (AvgIpc) is 3.56. The number of aromatic nitrogens is 1.